The number of aromatic nitrogens is 4. The van der Waals surface area contributed by atoms with Crippen molar-refractivity contribution in [2.75, 3.05) is 29.9 Å². The van der Waals surface area contributed by atoms with Crippen LogP contribution < -0.4 is 9.80 Å². The van der Waals surface area contributed by atoms with Crippen molar-refractivity contribution in [3.63, 3.8) is 0 Å². The van der Waals surface area contributed by atoms with Crippen LogP contribution in [0, 0.1) is 0 Å². The van der Waals surface area contributed by atoms with E-state index >= 15 is 0 Å². The van der Waals surface area contributed by atoms with Crippen LogP contribution in [0.3, 0.4) is 0 Å². The Labute approximate surface area is 142 Å². The highest BCUT2D eigenvalue weighted by atomic mass is 19.4. The summed E-state index contributed by atoms with van der Waals surface area (Å²) in [7, 11) is 1.71. The minimum Gasteiger partial charge on any atom is -0.351 e. The molecule has 25 heavy (non-hydrogen) atoms. The lowest BCUT2D eigenvalue weighted by Crippen LogP contribution is -2.59. The maximum Gasteiger partial charge on any atom is 0.433 e. The summed E-state index contributed by atoms with van der Waals surface area (Å²) in [6.07, 6.45) is -0.966. The van der Waals surface area contributed by atoms with Gasteiger partial charge in [0.15, 0.2) is 5.82 Å². The summed E-state index contributed by atoms with van der Waals surface area (Å²) in [5.74, 6) is 1.43. The molecule has 0 N–H and O–H groups in total. The van der Waals surface area contributed by atoms with Crippen LogP contribution in [0.2, 0.25) is 0 Å². The number of likely N-dealkylation sites (N-methyl/N-ethyl adjacent to an activating group) is 1. The zero-order chi connectivity index (χ0) is 17.6. The molecule has 2 aromatic heterocycles. The van der Waals surface area contributed by atoms with Crippen molar-refractivity contribution in [1.29, 1.82) is 0 Å². The molecule has 1 saturated heterocycles. The highest BCUT2D eigenvalue weighted by Gasteiger charge is 2.36. The molecule has 1 aliphatic carbocycles. The second kappa shape index (κ2) is 5.82. The Balaban J connectivity index is 1.39. The maximum atomic E-state index is 12.8. The molecule has 0 radical (unpaired) electrons. The third-order valence-corrected chi connectivity index (χ3v) is 4.65. The van der Waals surface area contributed by atoms with Crippen LogP contribution in [-0.2, 0) is 6.18 Å². The molecule has 6 nitrogen and oxygen atoms in total. The van der Waals surface area contributed by atoms with Crippen molar-refractivity contribution in [3.05, 3.63) is 35.8 Å². The lowest BCUT2D eigenvalue weighted by molar-refractivity contribution is -0.141. The highest BCUT2D eigenvalue weighted by molar-refractivity contribution is 5.46. The minimum atomic E-state index is -4.47. The summed E-state index contributed by atoms with van der Waals surface area (Å²) in [6.45, 7) is 1.29. The average Bonchev–Trinajstić information content (AvgIpc) is 3.38. The van der Waals surface area contributed by atoms with E-state index < -0.39 is 11.9 Å². The van der Waals surface area contributed by atoms with Gasteiger partial charge in [-0.2, -0.15) is 18.3 Å². The van der Waals surface area contributed by atoms with Crippen molar-refractivity contribution in [2.45, 2.75) is 31.0 Å². The van der Waals surface area contributed by atoms with Gasteiger partial charge >= 0.3 is 6.18 Å². The van der Waals surface area contributed by atoms with E-state index in [-0.39, 0.29) is 12.0 Å². The molecule has 0 atom stereocenters. The quantitative estimate of drug-likeness (QED) is 0.844. The van der Waals surface area contributed by atoms with Gasteiger partial charge < -0.3 is 9.80 Å². The van der Waals surface area contributed by atoms with E-state index in [0.717, 1.165) is 23.8 Å². The first-order valence-corrected chi connectivity index (χ1v) is 8.13. The van der Waals surface area contributed by atoms with Gasteiger partial charge in [-0.05, 0) is 31.0 Å². The van der Waals surface area contributed by atoms with Crippen LogP contribution in [0.4, 0.5) is 24.9 Å². The van der Waals surface area contributed by atoms with Crippen LogP contribution in [-0.4, -0.2) is 46.3 Å². The normalized spacial score (nSPS) is 18.2. The molecular formula is C16H17F3N6. The number of alkyl halides is 3. The summed E-state index contributed by atoms with van der Waals surface area (Å²) in [5, 5.41) is 8.51. The van der Waals surface area contributed by atoms with Gasteiger partial charge in [-0.25, -0.2) is 9.97 Å². The number of hydrogen-bond donors (Lipinski definition) is 0. The van der Waals surface area contributed by atoms with E-state index in [1.54, 1.807) is 11.9 Å². The Morgan fingerprint density at radius 1 is 1.12 bits per heavy atom. The van der Waals surface area contributed by atoms with Gasteiger partial charge in [0.05, 0.1) is 11.7 Å². The number of nitrogens with zero attached hydrogens (tertiary/aromatic N) is 6. The molecule has 2 fully saturated rings. The SMILES string of the molecule is CN(c1nccc(C(F)(F)F)n1)C1CN(c2ccc(C3CC3)nn2)C1. The second-order valence-electron chi connectivity index (χ2n) is 6.50. The summed E-state index contributed by atoms with van der Waals surface area (Å²) >= 11 is 0. The van der Waals surface area contributed by atoms with Crippen LogP contribution in [0.5, 0.6) is 0 Å². The lowest BCUT2D eigenvalue weighted by Gasteiger charge is -2.44. The third kappa shape index (κ3) is 3.22. The summed E-state index contributed by atoms with van der Waals surface area (Å²) in [4.78, 5) is 11.3. The van der Waals surface area contributed by atoms with Crippen LogP contribution in [0.25, 0.3) is 0 Å². The van der Waals surface area contributed by atoms with Crippen molar-refractivity contribution in [3.8, 4) is 0 Å². The fourth-order valence-electron chi connectivity index (χ4n) is 2.83. The number of anilines is 2. The second-order valence-corrected chi connectivity index (χ2v) is 6.50. The minimum absolute atomic E-state index is 0.0355. The molecule has 2 aromatic rings. The fourth-order valence-corrected chi connectivity index (χ4v) is 2.83. The Morgan fingerprint density at radius 3 is 2.48 bits per heavy atom. The Morgan fingerprint density at radius 2 is 1.88 bits per heavy atom. The van der Waals surface area contributed by atoms with Gasteiger partial charge in [0.2, 0.25) is 5.95 Å². The molecule has 0 unspecified atom stereocenters. The predicted octanol–water partition coefficient (Wildman–Crippen LogP) is 2.49. The molecule has 0 aromatic carbocycles. The van der Waals surface area contributed by atoms with Gasteiger partial charge in [0, 0.05) is 32.3 Å². The molecule has 0 bridgehead atoms. The van der Waals surface area contributed by atoms with Gasteiger partial charge in [-0.1, -0.05) is 0 Å². The number of hydrogen-bond acceptors (Lipinski definition) is 6. The predicted molar refractivity (Wildman–Crippen MR) is 85.4 cm³/mol. The van der Waals surface area contributed by atoms with Crippen molar-refractivity contribution >= 4 is 11.8 Å². The molecule has 0 amide bonds. The molecule has 4 rings (SSSR count). The molecule has 2 aliphatic rings. The number of rotatable bonds is 4. The molecule has 132 valence electrons. The largest absolute Gasteiger partial charge is 0.433 e. The zero-order valence-electron chi connectivity index (χ0n) is 13.6. The summed E-state index contributed by atoms with van der Waals surface area (Å²) in [5.41, 5.74) is 0.109. The molecule has 1 saturated carbocycles. The third-order valence-electron chi connectivity index (χ3n) is 4.65. The Bertz CT molecular complexity index is 753. The van der Waals surface area contributed by atoms with Gasteiger partial charge in [-0.3, -0.25) is 0 Å². The molecule has 1 aliphatic heterocycles. The van der Waals surface area contributed by atoms with Crippen LogP contribution in [0.15, 0.2) is 24.4 Å². The van der Waals surface area contributed by atoms with Crippen LogP contribution in [0.1, 0.15) is 30.1 Å². The van der Waals surface area contributed by atoms with Crippen molar-refractivity contribution in [2.24, 2.45) is 0 Å². The molecule has 9 heteroatoms. The first-order valence-electron chi connectivity index (χ1n) is 8.13. The fraction of sp³-hybridized carbons (Fsp3) is 0.500. The Kier molecular flexibility index (Phi) is 3.73. The lowest BCUT2D eigenvalue weighted by atomic mass is 10.1. The molecular weight excluding hydrogens is 333 g/mol. The Hall–Kier alpha value is -2.45. The standard InChI is InChI=1S/C16H17F3N6/c1-24(15-20-7-6-13(21-15)16(17,18)19)11-8-25(9-11)14-5-4-12(22-23-14)10-2-3-10/h4-7,10-11H,2-3,8-9H2,1H3. The first kappa shape index (κ1) is 16.0. The average molecular weight is 350 g/mol. The van der Waals surface area contributed by atoms with Gasteiger partial charge in [-0.15, -0.1) is 5.10 Å². The number of halogens is 3. The van der Waals surface area contributed by atoms with Crippen molar-refractivity contribution in [1.82, 2.24) is 20.2 Å². The van der Waals surface area contributed by atoms with E-state index in [0.29, 0.717) is 19.0 Å². The topological polar surface area (TPSA) is 58.0 Å². The van der Waals surface area contributed by atoms with Crippen LogP contribution >= 0.6 is 0 Å². The molecule has 3 heterocycles. The monoisotopic (exact) mass is 350 g/mol. The van der Waals surface area contributed by atoms with E-state index in [4.69, 9.17) is 0 Å². The van der Waals surface area contributed by atoms with E-state index in [9.17, 15) is 13.2 Å². The van der Waals surface area contributed by atoms with E-state index in [1.807, 2.05) is 17.0 Å². The smallest absolute Gasteiger partial charge is 0.351 e. The van der Waals surface area contributed by atoms with Gasteiger partial charge in [0.1, 0.15) is 5.69 Å². The van der Waals surface area contributed by atoms with E-state index in [1.165, 1.54) is 12.8 Å². The molecule has 0 spiro atoms. The first-order chi connectivity index (χ1) is 11.9. The zero-order valence-corrected chi connectivity index (χ0v) is 13.6. The summed E-state index contributed by atoms with van der Waals surface area (Å²) < 4.78 is 38.3. The van der Waals surface area contributed by atoms with E-state index in [2.05, 4.69) is 20.2 Å². The highest BCUT2D eigenvalue weighted by Crippen LogP contribution is 2.39. The van der Waals surface area contributed by atoms with Crippen molar-refractivity contribution < 1.29 is 13.2 Å². The van der Waals surface area contributed by atoms with Gasteiger partial charge in [0.25, 0.3) is 0 Å². The summed E-state index contributed by atoms with van der Waals surface area (Å²) in [6, 6.07) is 4.87. The maximum absolute atomic E-state index is 12.8.